The first-order chi connectivity index (χ1) is 8.16. The number of aromatic nitrogens is 3. The Hall–Kier alpha value is -1.75. The highest BCUT2D eigenvalue weighted by Crippen LogP contribution is 2.26. The standard InChI is InChI=1S/C11H14ClN5/c1-17-7-15-10(16-17)5-6-14-9-4-2-3-8(12)11(9)13/h2-4,7,14H,5-6,13H2,1H3. The molecule has 90 valence electrons. The van der Waals surface area contributed by atoms with Crippen LogP contribution in [-0.4, -0.2) is 21.3 Å². The zero-order valence-corrected chi connectivity index (χ0v) is 10.3. The molecule has 0 saturated carbocycles. The summed E-state index contributed by atoms with van der Waals surface area (Å²) < 4.78 is 1.68. The number of benzene rings is 1. The van der Waals surface area contributed by atoms with Crippen LogP contribution in [0.25, 0.3) is 0 Å². The molecule has 2 aromatic rings. The number of nitrogens with one attached hydrogen (secondary N) is 1. The molecule has 0 aliphatic heterocycles. The average Bonchev–Trinajstić information content (AvgIpc) is 2.70. The largest absolute Gasteiger partial charge is 0.396 e. The van der Waals surface area contributed by atoms with E-state index in [-0.39, 0.29) is 0 Å². The molecule has 1 aromatic heterocycles. The van der Waals surface area contributed by atoms with Crippen molar-refractivity contribution in [2.75, 3.05) is 17.6 Å². The van der Waals surface area contributed by atoms with Crippen LogP contribution in [0.3, 0.4) is 0 Å². The van der Waals surface area contributed by atoms with Gasteiger partial charge in [0, 0.05) is 20.0 Å². The van der Waals surface area contributed by atoms with Crippen molar-refractivity contribution < 1.29 is 0 Å². The molecule has 0 bridgehead atoms. The number of nitrogens with two attached hydrogens (primary N) is 1. The molecule has 1 aromatic carbocycles. The van der Waals surface area contributed by atoms with E-state index in [9.17, 15) is 0 Å². The van der Waals surface area contributed by atoms with Gasteiger partial charge in [-0.05, 0) is 12.1 Å². The normalized spacial score (nSPS) is 10.5. The minimum absolute atomic E-state index is 0.561. The van der Waals surface area contributed by atoms with Crippen LogP contribution >= 0.6 is 11.6 Å². The molecule has 0 radical (unpaired) electrons. The van der Waals surface area contributed by atoms with Gasteiger partial charge in [-0.2, -0.15) is 5.10 Å². The minimum Gasteiger partial charge on any atom is -0.396 e. The maximum absolute atomic E-state index is 5.92. The first-order valence-electron chi connectivity index (χ1n) is 5.29. The third kappa shape index (κ3) is 2.88. The number of aryl methyl sites for hydroxylation is 1. The summed E-state index contributed by atoms with van der Waals surface area (Å²) in [7, 11) is 1.85. The number of nitrogens with zero attached hydrogens (tertiary/aromatic N) is 3. The number of halogens is 1. The molecule has 6 heteroatoms. The molecule has 17 heavy (non-hydrogen) atoms. The van der Waals surface area contributed by atoms with Gasteiger partial charge in [-0.25, -0.2) is 4.98 Å². The Labute approximate surface area is 105 Å². The van der Waals surface area contributed by atoms with Gasteiger partial charge >= 0.3 is 0 Å². The van der Waals surface area contributed by atoms with Crippen LogP contribution in [0, 0.1) is 0 Å². The van der Waals surface area contributed by atoms with Crippen molar-refractivity contribution in [1.29, 1.82) is 0 Å². The first-order valence-corrected chi connectivity index (χ1v) is 5.67. The van der Waals surface area contributed by atoms with E-state index in [1.165, 1.54) is 0 Å². The third-order valence-corrected chi connectivity index (χ3v) is 2.69. The minimum atomic E-state index is 0.561. The second kappa shape index (κ2) is 5.05. The average molecular weight is 252 g/mol. The predicted octanol–water partition coefficient (Wildman–Crippen LogP) is 1.71. The summed E-state index contributed by atoms with van der Waals surface area (Å²) in [5.41, 5.74) is 7.25. The summed E-state index contributed by atoms with van der Waals surface area (Å²) >= 11 is 5.92. The van der Waals surface area contributed by atoms with Crippen molar-refractivity contribution in [3.63, 3.8) is 0 Å². The summed E-state index contributed by atoms with van der Waals surface area (Å²) in [5, 5.41) is 7.96. The van der Waals surface area contributed by atoms with Gasteiger partial charge in [0.15, 0.2) is 5.82 Å². The molecule has 1 heterocycles. The van der Waals surface area contributed by atoms with Crippen LogP contribution < -0.4 is 11.1 Å². The molecule has 5 nitrogen and oxygen atoms in total. The van der Waals surface area contributed by atoms with Gasteiger partial charge in [-0.3, -0.25) is 4.68 Å². The van der Waals surface area contributed by atoms with E-state index in [1.807, 2.05) is 19.2 Å². The fourth-order valence-corrected chi connectivity index (χ4v) is 1.67. The van der Waals surface area contributed by atoms with Crippen LogP contribution in [0.5, 0.6) is 0 Å². The van der Waals surface area contributed by atoms with Crippen LogP contribution in [-0.2, 0) is 13.5 Å². The van der Waals surface area contributed by atoms with Gasteiger partial charge in [-0.15, -0.1) is 0 Å². The lowest BCUT2D eigenvalue weighted by Gasteiger charge is -2.09. The van der Waals surface area contributed by atoms with Gasteiger partial charge in [0.05, 0.1) is 16.4 Å². The third-order valence-electron chi connectivity index (χ3n) is 2.36. The molecule has 0 aliphatic carbocycles. The number of hydrogen-bond donors (Lipinski definition) is 2. The lowest BCUT2D eigenvalue weighted by atomic mass is 10.2. The van der Waals surface area contributed by atoms with Crippen molar-refractivity contribution in [3.05, 3.63) is 35.4 Å². The Kier molecular flexibility index (Phi) is 3.49. The van der Waals surface area contributed by atoms with E-state index in [0.29, 0.717) is 17.3 Å². The van der Waals surface area contributed by atoms with Crippen molar-refractivity contribution in [3.8, 4) is 0 Å². The fraction of sp³-hybridized carbons (Fsp3) is 0.273. The summed E-state index contributed by atoms with van der Waals surface area (Å²) in [4.78, 5) is 4.14. The Morgan fingerprint density at radius 1 is 1.47 bits per heavy atom. The molecule has 0 aliphatic rings. The van der Waals surface area contributed by atoms with E-state index >= 15 is 0 Å². The lowest BCUT2D eigenvalue weighted by molar-refractivity contribution is 0.742. The Morgan fingerprint density at radius 3 is 3.00 bits per heavy atom. The van der Waals surface area contributed by atoms with Gasteiger partial charge in [0.25, 0.3) is 0 Å². The maximum Gasteiger partial charge on any atom is 0.152 e. The molecule has 0 amide bonds. The van der Waals surface area contributed by atoms with Crippen LogP contribution in [0.1, 0.15) is 5.82 Å². The molecule has 0 spiro atoms. The SMILES string of the molecule is Cn1cnc(CCNc2cccc(Cl)c2N)n1. The molecule has 0 saturated heterocycles. The molecular formula is C11H14ClN5. The monoisotopic (exact) mass is 251 g/mol. The Morgan fingerprint density at radius 2 is 2.29 bits per heavy atom. The lowest BCUT2D eigenvalue weighted by Crippen LogP contribution is -2.08. The van der Waals surface area contributed by atoms with Crippen molar-refractivity contribution in [2.45, 2.75) is 6.42 Å². The molecular weight excluding hydrogens is 238 g/mol. The van der Waals surface area contributed by atoms with Crippen LogP contribution in [0.15, 0.2) is 24.5 Å². The molecule has 0 unspecified atom stereocenters. The van der Waals surface area contributed by atoms with Crippen LogP contribution in [0.4, 0.5) is 11.4 Å². The van der Waals surface area contributed by atoms with E-state index in [1.54, 1.807) is 17.1 Å². The molecule has 3 N–H and O–H groups in total. The fourth-order valence-electron chi connectivity index (χ4n) is 1.50. The number of para-hydroxylation sites is 1. The predicted molar refractivity (Wildman–Crippen MR) is 69.1 cm³/mol. The number of nitrogen functional groups attached to an aromatic ring is 1. The Bertz CT molecular complexity index is 508. The zero-order chi connectivity index (χ0) is 12.3. The van der Waals surface area contributed by atoms with Crippen LogP contribution in [0.2, 0.25) is 5.02 Å². The van der Waals surface area contributed by atoms with Gasteiger partial charge in [-0.1, -0.05) is 17.7 Å². The van der Waals surface area contributed by atoms with E-state index in [0.717, 1.165) is 17.9 Å². The van der Waals surface area contributed by atoms with E-state index in [4.69, 9.17) is 17.3 Å². The highest BCUT2D eigenvalue weighted by atomic mass is 35.5. The summed E-state index contributed by atoms with van der Waals surface area (Å²) in [6, 6.07) is 5.52. The second-order valence-corrected chi connectivity index (χ2v) is 4.12. The van der Waals surface area contributed by atoms with E-state index < -0.39 is 0 Å². The van der Waals surface area contributed by atoms with Gasteiger partial charge in [0.1, 0.15) is 6.33 Å². The topological polar surface area (TPSA) is 68.8 Å². The molecule has 0 atom stereocenters. The van der Waals surface area contributed by atoms with E-state index in [2.05, 4.69) is 15.4 Å². The van der Waals surface area contributed by atoms with Gasteiger partial charge in [0.2, 0.25) is 0 Å². The second-order valence-electron chi connectivity index (χ2n) is 3.71. The first kappa shape index (κ1) is 11.7. The highest BCUT2D eigenvalue weighted by Gasteiger charge is 2.03. The number of rotatable bonds is 4. The Balaban J connectivity index is 1.92. The molecule has 0 fully saturated rings. The zero-order valence-electron chi connectivity index (χ0n) is 9.52. The van der Waals surface area contributed by atoms with Crippen molar-refractivity contribution in [1.82, 2.24) is 14.8 Å². The quantitative estimate of drug-likeness (QED) is 0.812. The van der Waals surface area contributed by atoms with Crippen molar-refractivity contribution in [2.24, 2.45) is 7.05 Å². The highest BCUT2D eigenvalue weighted by molar-refractivity contribution is 6.33. The number of hydrogen-bond acceptors (Lipinski definition) is 4. The number of anilines is 2. The summed E-state index contributed by atoms with van der Waals surface area (Å²) in [5.74, 6) is 0.806. The summed E-state index contributed by atoms with van der Waals surface area (Å²) in [6.07, 6.45) is 2.43. The molecule has 2 rings (SSSR count). The smallest absolute Gasteiger partial charge is 0.152 e. The maximum atomic E-state index is 5.92. The van der Waals surface area contributed by atoms with Crippen molar-refractivity contribution >= 4 is 23.0 Å². The summed E-state index contributed by atoms with van der Waals surface area (Å²) in [6.45, 7) is 0.717. The van der Waals surface area contributed by atoms with Gasteiger partial charge < -0.3 is 11.1 Å².